The van der Waals surface area contributed by atoms with Gasteiger partial charge in [0.2, 0.25) is 0 Å². The van der Waals surface area contributed by atoms with Crippen LogP contribution in [0.1, 0.15) is 46.5 Å². The van der Waals surface area contributed by atoms with Crippen molar-refractivity contribution in [2.24, 2.45) is 5.92 Å². The molecule has 1 unspecified atom stereocenters. The van der Waals surface area contributed by atoms with E-state index in [-0.39, 0.29) is 0 Å². The molecule has 0 radical (unpaired) electrons. The molecule has 0 amide bonds. The molecule has 0 spiro atoms. The van der Waals surface area contributed by atoms with Crippen molar-refractivity contribution in [3.05, 3.63) is 0 Å². The largest absolute Gasteiger partial charge is 0.480 e. The molecule has 0 aromatic rings. The average molecular weight is 256 g/mol. The zero-order valence-electron chi connectivity index (χ0n) is 12.0. The van der Waals surface area contributed by atoms with E-state index in [4.69, 9.17) is 0 Å². The molecule has 0 heterocycles. The SMILES string of the molecule is CCCCN(CC)CC(NCC)(C(=O)O)C1CC1. The average Bonchev–Trinajstić information content (AvgIpc) is 3.17. The zero-order chi connectivity index (χ0) is 13.6. The Morgan fingerprint density at radius 3 is 2.44 bits per heavy atom. The topological polar surface area (TPSA) is 52.6 Å². The molecule has 1 aliphatic rings. The Morgan fingerprint density at radius 2 is 2.06 bits per heavy atom. The van der Waals surface area contributed by atoms with E-state index in [1.165, 1.54) is 0 Å². The number of carbonyl (C=O) groups is 1. The highest BCUT2D eigenvalue weighted by Gasteiger charge is 2.51. The van der Waals surface area contributed by atoms with E-state index >= 15 is 0 Å². The maximum atomic E-state index is 11.7. The number of nitrogens with one attached hydrogen (secondary N) is 1. The van der Waals surface area contributed by atoms with Crippen LogP contribution in [0.25, 0.3) is 0 Å². The molecule has 1 aliphatic carbocycles. The molecule has 0 bridgehead atoms. The highest BCUT2D eigenvalue weighted by Crippen LogP contribution is 2.40. The van der Waals surface area contributed by atoms with Gasteiger partial charge in [0.05, 0.1) is 0 Å². The van der Waals surface area contributed by atoms with Crippen molar-refractivity contribution in [2.75, 3.05) is 26.2 Å². The molecule has 106 valence electrons. The summed E-state index contributed by atoms with van der Waals surface area (Å²) in [5.74, 6) is -0.368. The predicted octanol–water partition coefficient (Wildman–Crippen LogP) is 1.95. The summed E-state index contributed by atoms with van der Waals surface area (Å²) in [6, 6.07) is 0. The van der Waals surface area contributed by atoms with Crippen LogP contribution in [0.3, 0.4) is 0 Å². The smallest absolute Gasteiger partial charge is 0.325 e. The predicted molar refractivity (Wildman–Crippen MR) is 73.8 cm³/mol. The Labute approximate surface area is 111 Å². The number of carboxylic acids is 1. The number of likely N-dealkylation sites (N-methyl/N-ethyl adjacent to an activating group) is 2. The first-order chi connectivity index (χ1) is 8.60. The van der Waals surface area contributed by atoms with E-state index < -0.39 is 11.5 Å². The summed E-state index contributed by atoms with van der Waals surface area (Å²) in [5, 5.41) is 12.9. The lowest BCUT2D eigenvalue weighted by atomic mass is 9.92. The molecule has 1 atom stereocenters. The van der Waals surface area contributed by atoms with E-state index in [1.807, 2.05) is 6.92 Å². The van der Waals surface area contributed by atoms with Crippen molar-refractivity contribution in [3.63, 3.8) is 0 Å². The minimum Gasteiger partial charge on any atom is -0.480 e. The van der Waals surface area contributed by atoms with Crippen molar-refractivity contribution in [3.8, 4) is 0 Å². The van der Waals surface area contributed by atoms with Crippen molar-refractivity contribution < 1.29 is 9.90 Å². The van der Waals surface area contributed by atoms with Gasteiger partial charge < -0.3 is 15.3 Å². The Morgan fingerprint density at radius 1 is 1.39 bits per heavy atom. The van der Waals surface area contributed by atoms with Crippen molar-refractivity contribution in [2.45, 2.75) is 52.0 Å². The summed E-state index contributed by atoms with van der Waals surface area (Å²) in [6.45, 7) is 9.55. The number of hydrogen-bond donors (Lipinski definition) is 2. The van der Waals surface area contributed by atoms with Crippen LogP contribution < -0.4 is 5.32 Å². The third kappa shape index (κ3) is 3.69. The number of hydrogen-bond acceptors (Lipinski definition) is 3. The molecule has 4 nitrogen and oxygen atoms in total. The van der Waals surface area contributed by atoms with Crippen LogP contribution in [0.4, 0.5) is 0 Å². The lowest BCUT2D eigenvalue weighted by molar-refractivity contribution is -0.147. The van der Waals surface area contributed by atoms with Gasteiger partial charge in [-0.25, -0.2) is 0 Å². The monoisotopic (exact) mass is 256 g/mol. The zero-order valence-corrected chi connectivity index (χ0v) is 12.0. The fourth-order valence-corrected chi connectivity index (χ4v) is 2.62. The van der Waals surface area contributed by atoms with Gasteiger partial charge >= 0.3 is 5.97 Å². The van der Waals surface area contributed by atoms with Crippen LogP contribution in [0.5, 0.6) is 0 Å². The minimum absolute atomic E-state index is 0.311. The highest BCUT2D eigenvalue weighted by atomic mass is 16.4. The van der Waals surface area contributed by atoms with Crippen molar-refractivity contribution in [1.29, 1.82) is 0 Å². The van der Waals surface area contributed by atoms with Gasteiger partial charge in [-0.2, -0.15) is 0 Å². The van der Waals surface area contributed by atoms with E-state index in [9.17, 15) is 9.90 Å². The number of carboxylic acid groups (broad SMARTS) is 1. The molecular weight excluding hydrogens is 228 g/mol. The third-order valence-electron chi connectivity index (χ3n) is 3.90. The van der Waals surface area contributed by atoms with E-state index in [1.54, 1.807) is 0 Å². The van der Waals surface area contributed by atoms with Gasteiger partial charge in [-0.3, -0.25) is 4.79 Å². The van der Waals surface area contributed by atoms with E-state index in [2.05, 4.69) is 24.1 Å². The Hall–Kier alpha value is -0.610. The summed E-state index contributed by atoms with van der Waals surface area (Å²) >= 11 is 0. The van der Waals surface area contributed by atoms with Crippen LogP contribution in [-0.2, 0) is 4.79 Å². The minimum atomic E-state index is -0.724. The molecule has 0 aromatic carbocycles. The van der Waals surface area contributed by atoms with Crippen LogP contribution >= 0.6 is 0 Å². The normalized spacial score (nSPS) is 18.9. The Kier molecular flexibility index (Phi) is 6.09. The van der Waals surface area contributed by atoms with Crippen LogP contribution in [-0.4, -0.2) is 47.7 Å². The summed E-state index contributed by atoms with van der Waals surface area (Å²) < 4.78 is 0. The van der Waals surface area contributed by atoms with Gasteiger partial charge in [-0.15, -0.1) is 0 Å². The van der Waals surface area contributed by atoms with Gasteiger partial charge in [0.1, 0.15) is 5.54 Å². The maximum absolute atomic E-state index is 11.7. The van der Waals surface area contributed by atoms with Gasteiger partial charge in [-0.05, 0) is 44.8 Å². The highest BCUT2D eigenvalue weighted by molar-refractivity contribution is 5.80. The summed E-state index contributed by atoms with van der Waals surface area (Å²) in [5.41, 5.74) is -0.724. The molecule has 1 rings (SSSR count). The van der Waals surface area contributed by atoms with Gasteiger partial charge in [-0.1, -0.05) is 27.2 Å². The molecule has 4 heteroatoms. The molecule has 0 aliphatic heterocycles. The number of rotatable bonds is 10. The standard InChI is InChI=1S/C14H28N2O2/c1-4-7-10-16(6-3)11-14(13(17)18,15-5-2)12-8-9-12/h12,15H,4-11H2,1-3H3,(H,17,18). The van der Waals surface area contributed by atoms with E-state index in [0.717, 1.165) is 38.8 Å². The Bertz CT molecular complexity index is 267. The van der Waals surface area contributed by atoms with Gasteiger partial charge in [0.25, 0.3) is 0 Å². The number of unbranched alkanes of at least 4 members (excludes halogenated alkanes) is 1. The molecule has 0 aromatic heterocycles. The third-order valence-corrected chi connectivity index (χ3v) is 3.90. The lowest BCUT2D eigenvalue weighted by Gasteiger charge is -2.35. The summed E-state index contributed by atoms with van der Waals surface area (Å²) in [7, 11) is 0. The molecular formula is C14H28N2O2. The number of aliphatic carboxylic acids is 1. The second-order valence-electron chi connectivity index (χ2n) is 5.30. The van der Waals surface area contributed by atoms with Gasteiger partial charge in [0.15, 0.2) is 0 Å². The maximum Gasteiger partial charge on any atom is 0.325 e. The number of nitrogens with zero attached hydrogens (tertiary/aromatic N) is 1. The second-order valence-corrected chi connectivity index (χ2v) is 5.30. The summed E-state index contributed by atoms with van der Waals surface area (Å²) in [4.78, 5) is 14.0. The molecule has 18 heavy (non-hydrogen) atoms. The van der Waals surface area contributed by atoms with Crippen LogP contribution in [0.15, 0.2) is 0 Å². The van der Waals surface area contributed by atoms with Crippen LogP contribution in [0.2, 0.25) is 0 Å². The second kappa shape index (κ2) is 7.10. The van der Waals surface area contributed by atoms with Crippen molar-refractivity contribution in [1.82, 2.24) is 10.2 Å². The summed E-state index contributed by atoms with van der Waals surface area (Å²) in [6.07, 6.45) is 4.39. The molecule has 0 saturated heterocycles. The first-order valence-corrected chi connectivity index (χ1v) is 7.31. The fourth-order valence-electron chi connectivity index (χ4n) is 2.62. The van der Waals surface area contributed by atoms with Crippen LogP contribution in [0, 0.1) is 5.92 Å². The molecule has 1 fully saturated rings. The van der Waals surface area contributed by atoms with Gasteiger partial charge in [0, 0.05) is 6.54 Å². The first-order valence-electron chi connectivity index (χ1n) is 7.31. The Balaban J connectivity index is 2.72. The molecule has 1 saturated carbocycles. The first kappa shape index (κ1) is 15.4. The van der Waals surface area contributed by atoms with E-state index in [0.29, 0.717) is 19.0 Å². The fraction of sp³-hybridized carbons (Fsp3) is 0.929. The van der Waals surface area contributed by atoms with Crippen molar-refractivity contribution >= 4 is 5.97 Å². The quantitative estimate of drug-likeness (QED) is 0.627. The lowest BCUT2D eigenvalue weighted by Crippen LogP contribution is -2.60. The molecule has 2 N–H and O–H groups in total.